The number of hydrogen-bond acceptors (Lipinski definition) is 3. The van der Waals surface area contributed by atoms with Crippen molar-refractivity contribution in [3.8, 4) is 43.4 Å². The molecule has 3 heteroatoms. The predicted octanol–water partition coefficient (Wildman–Crippen LogP) is 10.5. The van der Waals surface area contributed by atoms with E-state index in [0.717, 1.165) is 21.1 Å². The molecule has 0 aliphatic heterocycles. The van der Waals surface area contributed by atoms with E-state index in [1.807, 2.05) is 18.2 Å². The van der Waals surface area contributed by atoms with Crippen LogP contribution in [0.4, 0.5) is 0 Å². The number of rotatable bonds is 3. The molecule has 6 aromatic carbocycles. The summed E-state index contributed by atoms with van der Waals surface area (Å²) in [6.45, 7) is 4.75. The van der Waals surface area contributed by atoms with Gasteiger partial charge in [-0.3, -0.25) is 0 Å². The van der Waals surface area contributed by atoms with Crippen LogP contribution in [0.3, 0.4) is 0 Å². The molecule has 1 spiro atoms. The Balaban J connectivity index is 1.21. The zero-order valence-electron chi connectivity index (χ0n) is 25.2. The molecule has 7 aromatic rings. The SMILES string of the molecule is CC1(C)c2ccccc2C2(c3ccccc3-c3ccc(-c4ccc(-c5nnc(-c6ccccc6)s5)cc4)cc32)c2ccccc21. The van der Waals surface area contributed by atoms with Gasteiger partial charge in [0.1, 0.15) is 10.0 Å². The van der Waals surface area contributed by atoms with Crippen molar-refractivity contribution in [3.05, 3.63) is 179 Å². The topological polar surface area (TPSA) is 25.8 Å². The van der Waals surface area contributed by atoms with Crippen molar-refractivity contribution in [2.45, 2.75) is 24.7 Å². The van der Waals surface area contributed by atoms with Crippen LogP contribution in [0.1, 0.15) is 47.2 Å². The predicted molar refractivity (Wildman–Crippen MR) is 186 cm³/mol. The third-order valence-electron chi connectivity index (χ3n) is 9.96. The van der Waals surface area contributed by atoms with Crippen molar-refractivity contribution >= 4 is 11.3 Å². The Bertz CT molecular complexity index is 2190. The molecule has 0 saturated carbocycles. The standard InChI is InChI=1S/C42H30N2S/c1-41(2)34-16-8-10-18-36(34)42(37-19-11-9-17-35(37)41)33-15-7-6-14-31(33)32-25-24-30(26-38(32)42)27-20-22-29(23-21-27)40-44-43-39(45-40)28-12-4-3-5-13-28/h3-26H,1-2H3. The summed E-state index contributed by atoms with van der Waals surface area (Å²) in [6.07, 6.45) is 0. The number of nitrogens with zero attached hydrogens (tertiary/aromatic N) is 2. The first kappa shape index (κ1) is 26.3. The molecule has 0 N–H and O–H groups in total. The maximum atomic E-state index is 4.52. The van der Waals surface area contributed by atoms with Crippen molar-refractivity contribution in [3.63, 3.8) is 0 Å². The van der Waals surface area contributed by atoms with E-state index in [0.29, 0.717) is 0 Å². The summed E-state index contributed by atoms with van der Waals surface area (Å²) in [4.78, 5) is 0. The van der Waals surface area contributed by atoms with Crippen LogP contribution in [0.15, 0.2) is 146 Å². The van der Waals surface area contributed by atoms with Gasteiger partial charge in [0.2, 0.25) is 0 Å². The van der Waals surface area contributed by atoms with Gasteiger partial charge >= 0.3 is 0 Å². The summed E-state index contributed by atoms with van der Waals surface area (Å²) < 4.78 is 0. The Morgan fingerprint density at radius 1 is 0.400 bits per heavy atom. The molecule has 45 heavy (non-hydrogen) atoms. The average Bonchev–Trinajstić information content (AvgIpc) is 3.70. The average molecular weight is 595 g/mol. The fraction of sp³-hybridized carbons (Fsp3) is 0.0952. The number of hydrogen-bond donors (Lipinski definition) is 0. The van der Waals surface area contributed by atoms with Gasteiger partial charge in [0, 0.05) is 16.5 Å². The van der Waals surface area contributed by atoms with Gasteiger partial charge in [0.15, 0.2) is 0 Å². The van der Waals surface area contributed by atoms with Crippen LogP contribution < -0.4 is 0 Å². The van der Waals surface area contributed by atoms with Crippen molar-refractivity contribution in [1.29, 1.82) is 0 Å². The minimum Gasteiger partial charge on any atom is -0.138 e. The van der Waals surface area contributed by atoms with E-state index in [9.17, 15) is 0 Å². The summed E-state index contributed by atoms with van der Waals surface area (Å²) in [5.41, 5.74) is 15.0. The number of aromatic nitrogens is 2. The van der Waals surface area contributed by atoms with E-state index < -0.39 is 0 Å². The van der Waals surface area contributed by atoms with Gasteiger partial charge in [-0.15, -0.1) is 10.2 Å². The summed E-state index contributed by atoms with van der Waals surface area (Å²) >= 11 is 1.63. The molecule has 0 bridgehead atoms. The molecule has 214 valence electrons. The summed E-state index contributed by atoms with van der Waals surface area (Å²) in [5, 5.41) is 10.9. The Labute approximate surface area is 267 Å². The largest absolute Gasteiger partial charge is 0.148 e. The second-order valence-corrected chi connectivity index (χ2v) is 13.6. The molecule has 2 aliphatic rings. The van der Waals surface area contributed by atoms with Gasteiger partial charge in [-0.2, -0.15) is 0 Å². The first-order valence-electron chi connectivity index (χ1n) is 15.5. The van der Waals surface area contributed by atoms with Crippen molar-refractivity contribution < 1.29 is 0 Å². The molecule has 0 fully saturated rings. The maximum absolute atomic E-state index is 4.52. The Morgan fingerprint density at radius 2 is 0.867 bits per heavy atom. The highest BCUT2D eigenvalue weighted by atomic mass is 32.1. The third-order valence-corrected chi connectivity index (χ3v) is 11.0. The third kappa shape index (κ3) is 3.68. The van der Waals surface area contributed by atoms with E-state index in [1.54, 1.807) is 11.3 Å². The van der Waals surface area contributed by atoms with Gasteiger partial charge in [-0.1, -0.05) is 165 Å². The normalized spacial score (nSPS) is 14.8. The molecule has 2 aliphatic carbocycles. The van der Waals surface area contributed by atoms with Crippen LogP contribution in [-0.4, -0.2) is 10.2 Å². The zero-order valence-corrected chi connectivity index (χ0v) is 26.0. The molecule has 2 nitrogen and oxygen atoms in total. The fourth-order valence-corrected chi connectivity index (χ4v) is 8.74. The lowest BCUT2D eigenvalue weighted by Gasteiger charge is -2.46. The number of benzene rings is 6. The smallest absolute Gasteiger partial charge is 0.138 e. The van der Waals surface area contributed by atoms with Gasteiger partial charge < -0.3 is 0 Å². The highest BCUT2D eigenvalue weighted by Gasteiger charge is 2.53. The lowest BCUT2D eigenvalue weighted by molar-refractivity contribution is 0.563. The quantitative estimate of drug-likeness (QED) is 0.203. The maximum Gasteiger partial charge on any atom is 0.148 e. The van der Waals surface area contributed by atoms with E-state index in [1.165, 1.54) is 55.6 Å². The van der Waals surface area contributed by atoms with E-state index >= 15 is 0 Å². The number of fused-ring (bicyclic) bond motifs is 9. The summed E-state index contributed by atoms with van der Waals surface area (Å²) in [5.74, 6) is 0. The van der Waals surface area contributed by atoms with Crippen LogP contribution in [0.2, 0.25) is 0 Å². The second kappa shape index (κ2) is 9.69. The van der Waals surface area contributed by atoms with Crippen LogP contribution in [-0.2, 0) is 10.8 Å². The molecule has 0 amide bonds. The molecular weight excluding hydrogens is 565 g/mol. The van der Waals surface area contributed by atoms with E-state index in [-0.39, 0.29) is 10.8 Å². The first-order chi connectivity index (χ1) is 22.1. The second-order valence-electron chi connectivity index (χ2n) is 12.6. The van der Waals surface area contributed by atoms with Crippen LogP contribution in [0, 0.1) is 0 Å². The van der Waals surface area contributed by atoms with Gasteiger partial charge in [-0.25, -0.2) is 0 Å². The van der Waals surface area contributed by atoms with Gasteiger partial charge in [0.25, 0.3) is 0 Å². The van der Waals surface area contributed by atoms with E-state index in [4.69, 9.17) is 0 Å². The van der Waals surface area contributed by atoms with Crippen molar-refractivity contribution in [1.82, 2.24) is 10.2 Å². The Hall–Kier alpha value is -5.12. The lowest BCUT2D eigenvalue weighted by atomic mass is 9.55. The highest BCUT2D eigenvalue weighted by Crippen LogP contribution is 2.62. The van der Waals surface area contributed by atoms with Crippen LogP contribution >= 0.6 is 11.3 Å². The lowest BCUT2D eigenvalue weighted by Crippen LogP contribution is -2.40. The molecule has 1 aromatic heterocycles. The molecule has 9 rings (SSSR count). The Morgan fingerprint density at radius 3 is 1.51 bits per heavy atom. The molecular formula is C42H30N2S. The molecule has 0 saturated heterocycles. The van der Waals surface area contributed by atoms with Crippen molar-refractivity contribution in [2.75, 3.05) is 0 Å². The monoisotopic (exact) mass is 594 g/mol. The summed E-state index contributed by atoms with van der Waals surface area (Å²) in [6, 6.07) is 53.4. The fourth-order valence-electron chi connectivity index (χ4n) is 7.88. The van der Waals surface area contributed by atoms with Gasteiger partial charge in [0.05, 0.1) is 5.41 Å². The molecule has 0 radical (unpaired) electrons. The minimum absolute atomic E-state index is 0.103. The molecule has 0 atom stereocenters. The first-order valence-corrected chi connectivity index (χ1v) is 16.3. The molecule has 1 heterocycles. The van der Waals surface area contributed by atoms with Gasteiger partial charge in [-0.05, 0) is 61.7 Å². The van der Waals surface area contributed by atoms with Crippen molar-refractivity contribution in [2.24, 2.45) is 0 Å². The Kier molecular flexibility index (Phi) is 5.66. The molecule has 0 unspecified atom stereocenters. The highest BCUT2D eigenvalue weighted by molar-refractivity contribution is 7.17. The van der Waals surface area contributed by atoms with E-state index in [2.05, 4.69) is 151 Å². The minimum atomic E-state index is -0.384. The van der Waals surface area contributed by atoms with Crippen LogP contribution in [0.25, 0.3) is 43.4 Å². The zero-order chi connectivity index (χ0) is 30.2. The summed E-state index contributed by atoms with van der Waals surface area (Å²) in [7, 11) is 0. The van der Waals surface area contributed by atoms with Crippen LogP contribution in [0.5, 0.6) is 0 Å².